The van der Waals surface area contributed by atoms with Gasteiger partial charge in [-0.2, -0.15) is 0 Å². The Labute approximate surface area is 112 Å². The van der Waals surface area contributed by atoms with Crippen LogP contribution < -0.4 is 0 Å². The average molecular weight is 261 g/mol. The molecule has 18 heavy (non-hydrogen) atoms. The fraction of sp³-hybridized carbons (Fsp3) is 0.333. The second kappa shape index (κ2) is 7.13. The van der Waals surface area contributed by atoms with Gasteiger partial charge in [0.15, 0.2) is 0 Å². The molecule has 1 heterocycles. The number of β-lactam (4-membered cyclic amide) rings is 1. The molecule has 1 rings (SSSR count). The van der Waals surface area contributed by atoms with Crippen molar-refractivity contribution in [3.63, 3.8) is 0 Å². The minimum atomic E-state index is 0.143. The summed E-state index contributed by atoms with van der Waals surface area (Å²) in [6.45, 7) is 7.76. The highest BCUT2D eigenvalue weighted by Gasteiger charge is 2.38. The van der Waals surface area contributed by atoms with Gasteiger partial charge < -0.3 is 4.90 Å². The summed E-state index contributed by atoms with van der Waals surface area (Å²) >= 11 is 0. The van der Waals surface area contributed by atoms with Gasteiger partial charge in [-0.25, -0.2) is 0 Å². The lowest BCUT2D eigenvalue weighted by molar-refractivity contribution is -0.140. The van der Waals surface area contributed by atoms with Crippen LogP contribution >= 0.6 is 8.86 Å². The average Bonchev–Trinajstić information content (AvgIpc) is 2.35. The lowest BCUT2D eigenvalue weighted by Gasteiger charge is -2.42. The van der Waals surface area contributed by atoms with Crippen molar-refractivity contribution >= 4 is 20.6 Å². The Hall–Kier alpha value is -1.40. The van der Waals surface area contributed by atoms with Crippen molar-refractivity contribution in [2.24, 2.45) is 0 Å². The van der Waals surface area contributed by atoms with Crippen LogP contribution in [0.2, 0.25) is 0 Å². The van der Waals surface area contributed by atoms with Gasteiger partial charge >= 0.3 is 0 Å². The molecular weight excluding hydrogens is 241 g/mol. The zero-order valence-corrected chi connectivity index (χ0v) is 12.0. The minimum Gasteiger partial charge on any atom is -0.308 e. The molecule has 0 aliphatic carbocycles. The predicted octanol–water partition coefficient (Wildman–Crippen LogP) is 3.51. The molecule has 2 nitrogen and oxygen atoms in total. The summed E-state index contributed by atoms with van der Waals surface area (Å²) in [4.78, 5) is 13.7. The van der Waals surface area contributed by atoms with Crippen molar-refractivity contribution in [2.75, 3.05) is 0 Å². The Kier molecular flexibility index (Phi) is 5.80. The number of rotatable bonds is 6. The Morgan fingerprint density at radius 3 is 2.72 bits per heavy atom. The highest BCUT2D eigenvalue weighted by molar-refractivity contribution is 7.18. The van der Waals surface area contributed by atoms with Crippen LogP contribution in [0.25, 0.3) is 0 Å². The van der Waals surface area contributed by atoms with E-state index in [0.29, 0.717) is 6.42 Å². The number of hydrogen-bond donors (Lipinski definition) is 0. The highest BCUT2D eigenvalue weighted by atomic mass is 31.0. The molecule has 0 spiro atoms. The van der Waals surface area contributed by atoms with E-state index in [-0.39, 0.29) is 11.9 Å². The third-order valence-electron chi connectivity index (χ3n) is 2.95. The quantitative estimate of drug-likeness (QED) is 0.407. The Morgan fingerprint density at radius 1 is 1.56 bits per heavy atom. The SMILES string of the molecule is C=C/C=C(\C=C/C)C1CC(=O)N1/C(=C/C=P)CC. The third kappa shape index (κ3) is 3.08. The van der Waals surface area contributed by atoms with Gasteiger partial charge in [0.05, 0.1) is 12.5 Å². The largest absolute Gasteiger partial charge is 0.308 e. The lowest BCUT2D eigenvalue weighted by Crippen LogP contribution is -2.52. The first-order valence-electron chi connectivity index (χ1n) is 6.16. The zero-order valence-electron chi connectivity index (χ0n) is 11.0. The van der Waals surface area contributed by atoms with Gasteiger partial charge in [-0.1, -0.05) is 37.8 Å². The van der Waals surface area contributed by atoms with E-state index in [1.807, 2.05) is 36.1 Å². The predicted molar refractivity (Wildman–Crippen MR) is 81.1 cm³/mol. The summed E-state index contributed by atoms with van der Waals surface area (Å²) in [7, 11) is 3.31. The van der Waals surface area contributed by atoms with Crippen LogP contribution in [0.1, 0.15) is 26.7 Å². The van der Waals surface area contributed by atoms with E-state index < -0.39 is 0 Å². The monoisotopic (exact) mass is 261 g/mol. The molecule has 0 radical (unpaired) electrons. The fourth-order valence-corrected chi connectivity index (χ4v) is 2.31. The van der Waals surface area contributed by atoms with Gasteiger partial charge in [-0.15, -0.1) is 8.86 Å². The number of nitrogens with zero attached hydrogens (tertiary/aromatic N) is 1. The minimum absolute atomic E-state index is 0.143. The second-order valence-electron chi connectivity index (χ2n) is 4.06. The number of allylic oxidation sites excluding steroid dienone is 5. The molecule has 1 unspecified atom stereocenters. The van der Waals surface area contributed by atoms with Crippen LogP contribution in [-0.2, 0) is 4.79 Å². The van der Waals surface area contributed by atoms with Gasteiger partial charge in [0.1, 0.15) is 0 Å². The first-order chi connectivity index (χ1) is 8.69. The summed E-state index contributed by atoms with van der Waals surface area (Å²) in [6.07, 6.45) is 11.1. The van der Waals surface area contributed by atoms with Crippen molar-refractivity contribution in [1.82, 2.24) is 4.90 Å². The lowest BCUT2D eigenvalue weighted by atomic mass is 9.91. The van der Waals surface area contributed by atoms with Crippen molar-refractivity contribution in [2.45, 2.75) is 32.7 Å². The molecule has 3 heteroatoms. The van der Waals surface area contributed by atoms with Crippen LogP contribution in [0.3, 0.4) is 0 Å². The highest BCUT2D eigenvalue weighted by Crippen LogP contribution is 2.31. The second-order valence-corrected chi connectivity index (χ2v) is 4.40. The number of amides is 1. The Morgan fingerprint density at radius 2 is 2.28 bits per heavy atom. The number of carbonyl (C=O) groups excluding carboxylic acids is 1. The standard InChI is InChI=1S/C15H20NOP/c1-4-7-12(8-5-2)14-11-15(17)16(14)13(6-3)9-10-18/h4-5,7-10,14,18H,1,6,11H2,2-3H3/b8-5-,12-7+,13-9+. The summed E-state index contributed by atoms with van der Waals surface area (Å²) in [5.41, 5.74) is 2.16. The molecule has 1 aliphatic heterocycles. The molecule has 0 N–H and O–H groups in total. The van der Waals surface area contributed by atoms with Crippen molar-refractivity contribution < 1.29 is 4.79 Å². The molecule has 0 aromatic carbocycles. The van der Waals surface area contributed by atoms with E-state index in [1.165, 1.54) is 0 Å². The van der Waals surface area contributed by atoms with E-state index >= 15 is 0 Å². The molecule has 0 bridgehead atoms. The van der Waals surface area contributed by atoms with E-state index in [1.54, 1.807) is 11.9 Å². The fourth-order valence-electron chi connectivity index (χ4n) is 2.11. The Bertz CT molecular complexity index is 432. The van der Waals surface area contributed by atoms with Gasteiger partial charge in [0.2, 0.25) is 5.91 Å². The van der Waals surface area contributed by atoms with Crippen LogP contribution in [0.5, 0.6) is 0 Å². The molecular formula is C15H20NOP. The molecule has 1 saturated heterocycles. The van der Waals surface area contributed by atoms with Crippen LogP contribution in [-0.4, -0.2) is 22.6 Å². The molecule has 96 valence electrons. The van der Waals surface area contributed by atoms with Gasteiger partial charge in [-0.3, -0.25) is 4.79 Å². The van der Waals surface area contributed by atoms with Crippen molar-refractivity contribution in [3.8, 4) is 0 Å². The molecule has 1 atom stereocenters. The van der Waals surface area contributed by atoms with E-state index in [2.05, 4.69) is 22.4 Å². The third-order valence-corrected chi connectivity index (χ3v) is 3.12. The van der Waals surface area contributed by atoms with E-state index in [9.17, 15) is 4.79 Å². The van der Waals surface area contributed by atoms with Crippen molar-refractivity contribution in [3.05, 3.63) is 48.2 Å². The van der Waals surface area contributed by atoms with Gasteiger partial charge in [0, 0.05) is 5.70 Å². The first kappa shape index (κ1) is 14.7. The van der Waals surface area contributed by atoms with Crippen molar-refractivity contribution in [1.29, 1.82) is 0 Å². The molecule has 0 saturated carbocycles. The van der Waals surface area contributed by atoms with Crippen LogP contribution in [0, 0.1) is 0 Å². The molecule has 1 aliphatic rings. The maximum Gasteiger partial charge on any atom is 0.229 e. The van der Waals surface area contributed by atoms with Gasteiger partial charge in [0.25, 0.3) is 0 Å². The smallest absolute Gasteiger partial charge is 0.229 e. The summed E-state index contributed by atoms with van der Waals surface area (Å²) < 4.78 is 0. The zero-order chi connectivity index (χ0) is 13.5. The number of carbonyl (C=O) groups is 1. The normalized spacial score (nSPS) is 21.1. The molecule has 1 amide bonds. The molecule has 1 fully saturated rings. The molecule has 0 aromatic rings. The van der Waals surface area contributed by atoms with E-state index in [4.69, 9.17) is 0 Å². The summed E-state index contributed by atoms with van der Waals surface area (Å²) in [6, 6.07) is 0.143. The number of hydrogen-bond acceptors (Lipinski definition) is 1. The summed E-state index contributed by atoms with van der Waals surface area (Å²) in [5.74, 6) is 1.97. The summed E-state index contributed by atoms with van der Waals surface area (Å²) in [5, 5.41) is 0. The number of likely N-dealkylation sites (tertiary alicyclic amines) is 1. The first-order valence-corrected chi connectivity index (χ1v) is 6.74. The maximum atomic E-state index is 11.8. The maximum absolute atomic E-state index is 11.8. The Balaban J connectivity index is 3.00. The van der Waals surface area contributed by atoms with E-state index in [0.717, 1.165) is 17.7 Å². The van der Waals surface area contributed by atoms with Gasteiger partial charge in [-0.05, 0) is 30.8 Å². The van der Waals surface area contributed by atoms with Crippen LogP contribution in [0.15, 0.2) is 48.2 Å². The molecule has 0 aromatic heterocycles. The van der Waals surface area contributed by atoms with Crippen LogP contribution in [0.4, 0.5) is 0 Å². The topological polar surface area (TPSA) is 20.3 Å².